The molecule has 166 valence electrons. The zero-order chi connectivity index (χ0) is 21.5. The molecule has 7 heteroatoms. The number of carbonyl (C=O) groups is 1. The van der Waals surface area contributed by atoms with Crippen molar-refractivity contribution in [1.82, 2.24) is 10.2 Å². The lowest BCUT2D eigenvalue weighted by molar-refractivity contribution is 0.00222. The highest BCUT2D eigenvalue weighted by molar-refractivity contribution is 5.94. The molecule has 2 N–H and O–H groups in total. The van der Waals surface area contributed by atoms with Gasteiger partial charge in [0.1, 0.15) is 0 Å². The topological polar surface area (TPSA) is 66.1 Å². The summed E-state index contributed by atoms with van der Waals surface area (Å²) >= 11 is 0. The molecule has 2 fully saturated rings. The van der Waals surface area contributed by atoms with E-state index in [-0.39, 0.29) is 12.1 Å². The first-order valence-electron chi connectivity index (χ1n) is 11.0. The third-order valence-corrected chi connectivity index (χ3v) is 6.15. The summed E-state index contributed by atoms with van der Waals surface area (Å²) in [5.74, 6) is 0.440. The van der Waals surface area contributed by atoms with Gasteiger partial charge in [0.2, 0.25) is 0 Å². The van der Waals surface area contributed by atoms with Crippen LogP contribution in [0.25, 0.3) is 0 Å². The number of morpholine rings is 1. The predicted molar refractivity (Wildman–Crippen MR) is 123 cm³/mol. The first kappa shape index (κ1) is 21.6. The maximum atomic E-state index is 12.8. The molecular weight excluding hydrogens is 392 g/mol. The second kappa shape index (κ2) is 10.6. The summed E-state index contributed by atoms with van der Waals surface area (Å²) in [6.45, 7) is 5.44. The lowest BCUT2D eigenvalue weighted by atomic mass is 9.97. The number of anilines is 3. The Kier molecular flexibility index (Phi) is 7.40. The van der Waals surface area contributed by atoms with E-state index in [0.717, 1.165) is 63.0 Å². The Morgan fingerprint density at radius 1 is 1.06 bits per heavy atom. The number of ether oxygens (including phenoxy) is 2. The Labute approximate surface area is 184 Å². The SMILES string of the molecule is CN(c1ccccc1)c1ccccc1NC(=O)NCC(C1CCOC1)N1CCOCC1. The largest absolute Gasteiger partial charge is 0.381 e. The molecule has 0 saturated carbocycles. The maximum absolute atomic E-state index is 12.8. The van der Waals surface area contributed by atoms with Crippen molar-refractivity contribution in [2.75, 3.05) is 63.3 Å². The number of benzene rings is 2. The number of amides is 2. The highest BCUT2D eigenvalue weighted by Crippen LogP contribution is 2.30. The molecule has 2 aromatic rings. The van der Waals surface area contributed by atoms with Gasteiger partial charge >= 0.3 is 6.03 Å². The van der Waals surface area contributed by atoms with Crippen LogP contribution < -0.4 is 15.5 Å². The predicted octanol–water partition coefficient (Wildman–Crippen LogP) is 3.31. The number of urea groups is 1. The van der Waals surface area contributed by atoms with E-state index in [1.807, 2.05) is 61.6 Å². The van der Waals surface area contributed by atoms with Gasteiger partial charge in [0, 0.05) is 50.9 Å². The summed E-state index contributed by atoms with van der Waals surface area (Å²) < 4.78 is 11.1. The van der Waals surface area contributed by atoms with Gasteiger partial charge in [-0.1, -0.05) is 30.3 Å². The van der Waals surface area contributed by atoms with Crippen molar-refractivity contribution in [3.63, 3.8) is 0 Å². The minimum Gasteiger partial charge on any atom is -0.381 e. The molecule has 2 saturated heterocycles. The molecule has 0 radical (unpaired) electrons. The Bertz CT molecular complexity index is 836. The molecule has 2 aliphatic heterocycles. The van der Waals surface area contributed by atoms with Crippen molar-refractivity contribution in [1.29, 1.82) is 0 Å². The smallest absolute Gasteiger partial charge is 0.319 e. The normalized spacial score (nSPS) is 20.2. The van der Waals surface area contributed by atoms with Gasteiger partial charge in [0.05, 0.1) is 31.2 Å². The first-order valence-corrected chi connectivity index (χ1v) is 11.0. The van der Waals surface area contributed by atoms with Gasteiger partial charge in [0.15, 0.2) is 0 Å². The highest BCUT2D eigenvalue weighted by atomic mass is 16.5. The summed E-state index contributed by atoms with van der Waals surface area (Å²) in [4.78, 5) is 17.3. The van der Waals surface area contributed by atoms with Crippen molar-refractivity contribution < 1.29 is 14.3 Å². The van der Waals surface area contributed by atoms with E-state index < -0.39 is 0 Å². The average Bonchev–Trinajstić information content (AvgIpc) is 3.35. The van der Waals surface area contributed by atoms with Gasteiger partial charge in [-0.25, -0.2) is 4.79 Å². The van der Waals surface area contributed by atoms with Crippen LogP contribution >= 0.6 is 0 Å². The molecule has 4 rings (SSSR count). The molecule has 7 nitrogen and oxygen atoms in total. The van der Waals surface area contributed by atoms with Crippen LogP contribution in [0.3, 0.4) is 0 Å². The number of nitrogens with one attached hydrogen (secondary N) is 2. The number of para-hydroxylation sites is 3. The Morgan fingerprint density at radius 3 is 2.55 bits per heavy atom. The van der Waals surface area contributed by atoms with Crippen LogP contribution in [-0.2, 0) is 9.47 Å². The standard InChI is InChI=1S/C24H32N4O3/c1-27(20-7-3-2-4-8-20)22-10-6-5-9-21(22)26-24(29)25-17-23(19-11-14-31-18-19)28-12-15-30-16-13-28/h2-10,19,23H,11-18H2,1H3,(H2,25,26,29). The average molecular weight is 425 g/mol. The number of nitrogens with zero attached hydrogens (tertiary/aromatic N) is 2. The molecule has 0 aliphatic carbocycles. The van der Waals surface area contributed by atoms with Gasteiger partial charge < -0.3 is 25.0 Å². The summed E-state index contributed by atoms with van der Waals surface area (Å²) in [5, 5.41) is 6.15. The molecule has 2 amide bonds. The van der Waals surface area contributed by atoms with Crippen LogP contribution in [0.2, 0.25) is 0 Å². The second-order valence-electron chi connectivity index (χ2n) is 8.09. The van der Waals surface area contributed by atoms with E-state index in [4.69, 9.17) is 9.47 Å². The fourth-order valence-electron chi connectivity index (χ4n) is 4.39. The van der Waals surface area contributed by atoms with E-state index in [9.17, 15) is 4.79 Å². The highest BCUT2D eigenvalue weighted by Gasteiger charge is 2.31. The zero-order valence-electron chi connectivity index (χ0n) is 18.1. The van der Waals surface area contributed by atoms with E-state index in [1.165, 1.54) is 0 Å². The molecule has 0 spiro atoms. The van der Waals surface area contributed by atoms with Gasteiger partial charge in [-0.3, -0.25) is 4.90 Å². The van der Waals surface area contributed by atoms with Gasteiger partial charge in [-0.15, -0.1) is 0 Å². The number of hydrogen-bond donors (Lipinski definition) is 2. The first-order chi connectivity index (χ1) is 15.2. The van der Waals surface area contributed by atoms with Crippen LogP contribution in [0.5, 0.6) is 0 Å². The molecule has 2 atom stereocenters. The van der Waals surface area contributed by atoms with Gasteiger partial charge in [-0.2, -0.15) is 0 Å². The van der Waals surface area contributed by atoms with Crippen molar-refractivity contribution in [3.8, 4) is 0 Å². The Hall–Kier alpha value is -2.61. The molecule has 2 unspecified atom stereocenters. The third kappa shape index (κ3) is 5.55. The second-order valence-corrected chi connectivity index (χ2v) is 8.09. The van der Waals surface area contributed by atoms with Crippen molar-refractivity contribution in [2.45, 2.75) is 12.5 Å². The van der Waals surface area contributed by atoms with Crippen molar-refractivity contribution in [3.05, 3.63) is 54.6 Å². The molecule has 0 bridgehead atoms. The molecule has 2 aliphatic rings. The van der Waals surface area contributed by atoms with Gasteiger partial charge in [-0.05, 0) is 30.7 Å². The monoisotopic (exact) mass is 424 g/mol. The van der Waals surface area contributed by atoms with E-state index in [2.05, 4.69) is 20.4 Å². The number of rotatable bonds is 7. The molecule has 0 aromatic heterocycles. The zero-order valence-corrected chi connectivity index (χ0v) is 18.1. The summed E-state index contributed by atoms with van der Waals surface area (Å²) in [6.07, 6.45) is 1.04. The Morgan fingerprint density at radius 2 is 1.81 bits per heavy atom. The van der Waals surface area contributed by atoms with Crippen molar-refractivity contribution >= 4 is 23.1 Å². The lowest BCUT2D eigenvalue weighted by Gasteiger charge is -2.37. The quantitative estimate of drug-likeness (QED) is 0.714. The number of carbonyl (C=O) groups excluding carboxylic acids is 1. The molecular formula is C24H32N4O3. The van der Waals surface area contributed by atoms with Crippen LogP contribution in [0.15, 0.2) is 54.6 Å². The van der Waals surface area contributed by atoms with E-state index in [0.29, 0.717) is 12.5 Å². The molecule has 2 heterocycles. The molecule has 31 heavy (non-hydrogen) atoms. The molecule has 2 aromatic carbocycles. The summed E-state index contributed by atoms with van der Waals surface area (Å²) in [7, 11) is 2.00. The number of hydrogen-bond acceptors (Lipinski definition) is 5. The van der Waals surface area contributed by atoms with Crippen molar-refractivity contribution in [2.24, 2.45) is 5.92 Å². The van der Waals surface area contributed by atoms with Crippen LogP contribution in [0.1, 0.15) is 6.42 Å². The summed E-state index contributed by atoms with van der Waals surface area (Å²) in [6, 6.07) is 18.0. The van der Waals surface area contributed by atoms with Crippen LogP contribution in [0, 0.1) is 5.92 Å². The fourth-order valence-corrected chi connectivity index (χ4v) is 4.39. The minimum absolute atomic E-state index is 0.189. The van der Waals surface area contributed by atoms with Gasteiger partial charge in [0.25, 0.3) is 0 Å². The van der Waals surface area contributed by atoms with E-state index >= 15 is 0 Å². The maximum Gasteiger partial charge on any atom is 0.319 e. The Balaban J connectivity index is 1.40. The fraction of sp³-hybridized carbons (Fsp3) is 0.458. The van der Waals surface area contributed by atoms with E-state index in [1.54, 1.807) is 0 Å². The minimum atomic E-state index is -0.189. The van der Waals surface area contributed by atoms with Crippen LogP contribution in [0.4, 0.5) is 21.9 Å². The summed E-state index contributed by atoms with van der Waals surface area (Å²) in [5.41, 5.74) is 2.78. The lowest BCUT2D eigenvalue weighted by Crippen LogP contribution is -2.52. The van der Waals surface area contributed by atoms with Crippen LogP contribution in [-0.4, -0.2) is 70.1 Å². The third-order valence-electron chi connectivity index (χ3n) is 6.15.